The fourth-order valence-corrected chi connectivity index (χ4v) is 2.12. The largest absolute Gasteiger partial charge is 0.507 e. The fourth-order valence-electron chi connectivity index (χ4n) is 2.12. The van der Waals surface area contributed by atoms with Crippen molar-refractivity contribution in [3.05, 3.63) is 65.2 Å². The molecule has 2 aromatic rings. The van der Waals surface area contributed by atoms with Crippen molar-refractivity contribution in [2.45, 2.75) is 31.8 Å². The third kappa shape index (κ3) is 6.38. The van der Waals surface area contributed by atoms with Crippen LogP contribution in [0.4, 0.5) is 0 Å². The molecule has 136 valence electrons. The molecule has 0 heterocycles. The van der Waals surface area contributed by atoms with Crippen LogP contribution in [0.1, 0.15) is 49.0 Å². The lowest BCUT2D eigenvalue weighted by atomic mass is 10.0. The van der Waals surface area contributed by atoms with Crippen molar-refractivity contribution >= 4 is 18.3 Å². The Morgan fingerprint density at radius 2 is 2.08 bits per heavy atom. The zero-order valence-electron chi connectivity index (χ0n) is 19.4. The van der Waals surface area contributed by atoms with Crippen molar-refractivity contribution in [3.8, 4) is 5.75 Å². The van der Waals surface area contributed by atoms with Gasteiger partial charge < -0.3 is 21.3 Å². The van der Waals surface area contributed by atoms with Crippen molar-refractivity contribution in [2.24, 2.45) is 5.73 Å². The number of carbonyl (C=O) groups is 1. The number of phenols is 1. The average Bonchev–Trinajstić information content (AvgIpc) is 2.65. The molecule has 1 amide bonds. The predicted octanol–water partition coefficient (Wildman–Crippen LogP) is 2.56. The van der Waals surface area contributed by atoms with E-state index in [1.54, 1.807) is 30.3 Å². The van der Waals surface area contributed by atoms with Crippen molar-refractivity contribution in [2.75, 3.05) is 6.54 Å². The van der Waals surface area contributed by atoms with E-state index in [1.807, 2.05) is 0 Å². The normalized spacial score (nSPS) is 18.8. The molecule has 0 radical (unpaired) electrons. The Hall–Kier alpha value is -2.08. The van der Waals surface area contributed by atoms with Gasteiger partial charge >= 0.3 is 0 Å². The highest BCUT2D eigenvalue weighted by molar-refractivity contribution is 5.95. The Morgan fingerprint density at radius 1 is 1.36 bits per heavy atom. The minimum atomic E-state index is -3.06. The number of aliphatic hydroxyl groups is 1. The quantitative estimate of drug-likeness (QED) is 0.574. The summed E-state index contributed by atoms with van der Waals surface area (Å²) in [6.07, 6.45) is -4.24. The smallest absolute Gasteiger partial charge is 0.252 e. The summed E-state index contributed by atoms with van der Waals surface area (Å²) in [6.45, 7) is -3.54. The number of hydrogen-bond donors (Lipinski definition) is 4. The second-order valence-corrected chi connectivity index (χ2v) is 5.25. The van der Waals surface area contributed by atoms with E-state index in [1.165, 1.54) is 6.07 Å². The van der Waals surface area contributed by atoms with Gasteiger partial charge in [-0.25, -0.2) is 0 Å². The molecule has 6 heteroatoms. The van der Waals surface area contributed by atoms with Crippen LogP contribution in [0.5, 0.6) is 5.75 Å². The third-order valence-electron chi connectivity index (χ3n) is 3.46. The van der Waals surface area contributed by atoms with Gasteiger partial charge in [0.1, 0.15) is 5.75 Å². The van der Waals surface area contributed by atoms with Gasteiger partial charge in [0.25, 0.3) is 5.91 Å². The van der Waals surface area contributed by atoms with Crippen molar-refractivity contribution in [3.63, 3.8) is 0 Å². The summed E-state index contributed by atoms with van der Waals surface area (Å²) in [7, 11) is 0. The molecule has 2 rings (SSSR count). The molecule has 0 aliphatic carbocycles. The minimum absolute atomic E-state index is 0. The number of nitrogens with one attached hydrogen (secondary N) is 1. The zero-order valence-corrected chi connectivity index (χ0v) is 14.2. The maximum Gasteiger partial charge on any atom is 0.252 e. The Bertz CT molecular complexity index is 898. The molecule has 0 saturated heterocycles. The number of carbonyl (C=O) groups excluding carboxylic acids is 1. The highest BCUT2D eigenvalue weighted by Gasteiger charge is 2.14. The number of rotatable bonds is 8. The molecule has 0 bridgehead atoms. The molecule has 0 fully saturated rings. The molecule has 0 spiro atoms. The summed E-state index contributed by atoms with van der Waals surface area (Å²) < 4.78 is 48.3. The van der Waals surface area contributed by atoms with Crippen LogP contribution in [-0.4, -0.2) is 28.7 Å². The van der Waals surface area contributed by atoms with E-state index in [0.29, 0.717) is 5.56 Å². The van der Waals surface area contributed by atoms with Crippen LogP contribution in [0.25, 0.3) is 0 Å². The predicted molar refractivity (Wildman–Crippen MR) is 101 cm³/mol. The van der Waals surface area contributed by atoms with Crippen LogP contribution < -0.4 is 11.1 Å². The van der Waals surface area contributed by atoms with Crippen molar-refractivity contribution in [1.82, 2.24) is 5.32 Å². The maximum atomic E-state index is 11.4. The van der Waals surface area contributed by atoms with Crippen LogP contribution >= 0.6 is 12.4 Å². The second kappa shape index (κ2) is 10.0. The molecule has 2 aromatic carbocycles. The fraction of sp³-hybridized carbons (Fsp3) is 0.316. The monoisotopic (exact) mass is 370 g/mol. The highest BCUT2D eigenvalue weighted by atomic mass is 35.5. The van der Waals surface area contributed by atoms with Crippen LogP contribution in [-0.2, 0) is 6.42 Å². The SMILES string of the molecule is Cl.[2H]C([2H])([2H])C([2H])(NCC(O)c1ccc(O)c(C(N)=O)c1)C([2H])([2H])Cc1ccccc1. The van der Waals surface area contributed by atoms with Crippen molar-refractivity contribution < 1.29 is 23.2 Å². The van der Waals surface area contributed by atoms with Gasteiger partial charge in [-0.1, -0.05) is 36.4 Å². The van der Waals surface area contributed by atoms with E-state index in [9.17, 15) is 15.0 Å². The van der Waals surface area contributed by atoms with Crippen LogP contribution in [0, 0.1) is 0 Å². The summed E-state index contributed by atoms with van der Waals surface area (Å²) in [5.74, 6) is -1.28. The first-order chi connectivity index (χ1) is 13.8. The highest BCUT2D eigenvalue weighted by Crippen LogP contribution is 2.22. The molecule has 2 atom stereocenters. The molecule has 0 aliphatic rings. The first-order valence-corrected chi connectivity index (χ1v) is 7.38. The zero-order chi connectivity index (χ0) is 22.7. The summed E-state index contributed by atoms with van der Waals surface area (Å²) in [5.41, 5.74) is 5.61. The van der Waals surface area contributed by atoms with Gasteiger partial charge in [0.05, 0.1) is 11.7 Å². The van der Waals surface area contributed by atoms with Gasteiger partial charge in [-0.15, -0.1) is 12.4 Å². The molecule has 5 nitrogen and oxygen atoms in total. The Balaban J connectivity index is 0.00000480. The van der Waals surface area contributed by atoms with Gasteiger partial charge in [-0.2, -0.15) is 0 Å². The molecule has 5 N–H and O–H groups in total. The Kier molecular flexibility index (Phi) is 5.28. The summed E-state index contributed by atoms with van der Waals surface area (Å²) in [5, 5.41) is 22.4. The van der Waals surface area contributed by atoms with Gasteiger partial charge in [-0.05, 0) is 42.9 Å². The van der Waals surface area contributed by atoms with Gasteiger partial charge in [0.15, 0.2) is 0 Å². The number of aromatic hydroxyl groups is 1. The first-order valence-electron chi connectivity index (χ1n) is 10.4. The lowest BCUT2D eigenvalue weighted by molar-refractivity contribution is 0.0997. The molecule has 0 saturated carbocycles. The topological polar surface area (TPSA) is 95.6 Å². The number of nitrogens with two attached hydrogens (primary N) is 1. The standard InChI is InChI=1S/C19H24N2O3.ClH/c1-13(7-8-14-5-3-2-4-6-14)21-12-18(23)15-9-10-17(22)16(11-15)19(20)24;/h2-6,9-11,13,18,21-23H,7-8,12H2,1H3,(H2,20,24);1H/i1D3,7D2,13D;. The Morgan fingerprint density at radius 3 is 2.72 bits per heavy atom. The average molecular weight is 371 g/mol. The number of aryl methyl sites for hydroxylation is 1. The summed E-state index contributed by atoms with van der Waals surface area (Å²) in [4.78, 5) is 11.4. The van der Waals surface area contributed by atoms with Gasteiger partial charge in [-0.3, -0.25) is 4.79 Å². The number of primary amides is 1. The number of halogens is 1. The molecule has 25 heavy (non-hydrogen) atoms. The van der Waals surface area contributed by atoms with Crippen molar-refractivity contribution in [1.29, 1.82) is 0 Å². The molecule has 2 unspecified atom stereocenters. The summed E-state index contributed by atoms with van der Waals surface area (Å²) in [6, 6.07) is 9.27. The number of aliphatic hydroxyl groups excluding tert-OH is 1. The van der Waals surface area contributed by atoms with E-state index in [2.05, 4.69) is 5.32 Å². The van der Waals surface area contributed by atoms with E-state index < -0.39 is 37.8 Å². The van der Waals surface area contributed by atoms with Gasteiger partial charge in [0.2, 0.25) is 0 Å². The molecule has 0 aliphatic heterocycles. The lowest BCUT2D eigenvalue weighted by Crippen LogP contribution is -2.31. The van der Waals surface area contributed by atoms with Crippen LogP contribution in [0.3, 0.4) is 0 Å². The van der Waals surface area contributed by atoms with E-state index in [4.69, 9.17) is 14.0 Å². The number of amides is 1. The molecular formula is C19H25ClN2O3. The minimum Gasteiger partial charge on any atom is -0.507 e. The second-order valence-electron chi connectivity index (χ2n) is 5.25. The summed E-state index contributed by atoms with van der Waals surface area (Å²) >= 11 is 0. The first kappa shape index (κ1) is 13.2. The third-order valence-corrected chi connectivity index (χ3v) is 3.46. The number of hydrogen-bond acceptors (Lipinski definition) is 4. The van der Waals surface area contributed by atoms with E-state index >= 15 is 0 Å². The van der Waals surface area contributed by atoms with E-state index in [-0.39, 0.29) is 35.7 Å². The number of benzene rings is 2. The molecule has 0 aromatic heterocycles. The van der Waals surface area contributed by atoms with Crippen LogP contribution in [0.2, 0.25) is 0 Å². The van der Waals surface area contributed by atoms with E-state index in [0.717, 1.165) is 12.1 Å². The van der Waals surface area contributed by atoms with Crippen LogP contribution in [0.15, 0.2) is 48.5 Å². The maximum absolute atomic E-state index is 11.4. The lowest BCUT2D eigenvalue weighted by Gasteiger charge is -2.18. The molecular weight excluding hydrogens is 340 g/mol. The Labute approximate surface area is 162 Å². The van der Waals surface area contributed by atoms with Gasteiger partial charge in [0, 0.05) is 20.8 Å².